The first-order valence-corrected chi connectivity index (χ1v) is 5.27. The van der Waals surface area contributed by atoms with Gasteiger partial charge in [0.2, 0.25) is 0 Å². The van der Waals surface area contributed by atoms with Gasteiger partial charge in [0, 0.05) is 11.0 Å². The number of Topliss-reactive ketones (excluding diaryl/α,β-unsaturated/α-hetero) is 1. The summed E-state index contributed by atoms with van der Waals surface area (Å²) in [7, 11) is 1.55. The molecule has 1 rings (SSSR count). The molecule has 0 aliphatic heterocycles. The Balaban J connectivity index is 2.91. The van der Waals surface area contributed by atoms with Crippen molar-refractivity contribution in [2.75, 3.05) is 7.11 Å². The molecule has 17 heavy (non-hydrogen) atoms. The number of hydrogen-bond donors (Lipinski definition) is 1. The lowest BCUT2D eigenvalue weighted by molar-refractivity contribution is -0.138. The Labute approximate surface area is 100 Å². The first kappa shape index (κ1) is 13.2. The van der Waals surface area contributed by atoms with Crippen LogP contribution in [0.3, 0.4) is 0 Å². The molecule has 0 fully saturated rings. The number of carbonyl (C=O) groups excluding carboxylic acids is 1. The molecule has 4 heteroatoms. The molecule has 0 unspecified atom stereocenters. The molecule has 0 spiro atoms. The quantitative estimate of drug-likeness (QED) is 0.797. The van der Waals surface area contributed by atoms with Gasteiger partial charge in [-0.1, -0.05) is 13.8 Å². The zero-order valence-electron chi connectivity index (χ0n) is 10.2. The van der Waals surface area contributed by atoms with E-state index in [1.807, 2.05) is 0 Å². The van der Waals surface area contributed by atoms with Crippen LogP contribution in [0.4, 0.5) is 0 Å². The summed E-state index contributed by atoms with van der Waals surface area (Å²) >= 11 is 0. The van der Waals surface area contributed by atoms with Crippen molar-refractivity contribution >= 4 is 11.8 Å². The number of carbonyl (C=O) groups is 2. The summed E-state index contributed by atoms with van der Waals surface area (Å²) in [6, 6.07) is 6.66. The molecule has 0 aliphatic carbocycles. The average Bonchev–Trinajstić information content (AvgIpc) is 2.26. The Kier molecular flexibility index (Phi) is 3.89. The number of ether oxygens (including phenoxy) is 1. The maximum absolute atomic E-state index is 12.1. The molecular formula is C13H16O4. The normalized spacial score (nSPS) is 11.0. The molecule has 4 nitrogen and oxygen atoms in total. The number of benzene rings is 1. The number of ketones is 1. The van der Waals surface area contributed by atoms with Gasteiger partial charge in [-0.3, -0.25) is 9.59 Å². The fourth-order valence-electron chi connectivity index (χ4n) is 1.59. The fraction of sp³-hybridized carbons (Fsp3) is 0.385. The van der Waals surface area contributed by atoms with Crippen molar-refractivity contribution in [3.05, 3.63) is 29.8 Å². The van der Waals surface area contributed by atoms with Gasteiger partial charge in [0.1, 0.15) is 5.75 Å². The van der Waals surface area contributed by atoms with Crippen LogP contribution in [0.1, 0.15) is 30.6 Å². The molecular weight excluding hydrogens is 220 g/mol. The first-order chi connectivity index (χ1) is 7.86. The molecule has 0 saturated heterocycles. The highest BCUT2D eigenvalue weighted by molar-refractivity contribution is 6.01. The maximum Gasteiger partial charge on any atom is 0.304 e. The van der Waals surface area contributed by atoms with E-state index < -0.39 is 11.4 Å². The summed E-state index contributed by atoms with van der Waals surface area (Å²) in [5.41, 5.74) is -0.405. The highest BCUT2D eigenvalue weighted by Gasteiger charge is 2.31. The zero-order valence-corrected chi connectivity index (χ0v) is 10.2. The average molecular weight is 236 g/mol. The van der Waals surface area contributed by atoms with Crippen LogP contribution in [0.25, 0.3) is 0 Å². The number of rotatable bonds is 5. The van der Waals surface area contributed by atoms with Crippen molar-refractivity contribution in [2.45, 2.75) is 20.3 Å². The third-order valence-corrected chi connectivity index (χ3v) is 2.56. The van der Waals surface area contributed by atoms with Crippen molar-refractivity contribution < 1.29 is 19.4 Å². The first-order valence-electron chi connectivity index (χ1n) is 5.27. The van der Waals surface area contributed by atoms with E-state index in [9.17, 15) is 9.59 Å². The lowest BCUT2D eigenvalue weighted by Gasteiger charge is -2.20. The van der Waals surface area contributed by atoms with Crippen molar-refractivity contribution in [1.29, 1.82) is 0 Å². The maximum atomic E-state index is 12.1. The SMILES string of the molecule is COc1ccc(C(=O)C(C)(C)CC(=O)O)cc1. The molecule has 0 bridgehead atoms. The molecule has 0 amide bonds. The van der Waals surface area contributed by atoms with Gasteiger partial charge in [-0.25, -0.2) is 0 Å². The Morgan fingerprint density at radius 1 is 1.24 bits per heavy atom. The second-order valence-electron chi connectivity index (χ2n) is 4.51. The number of methoxy groups -OCH3 is 1. The van der Waals surface area contributed by atoms with E-state index in [4.69, 9.17) is 9.84 Å². The van der Waals surface area contributed by atoms with Gasteiger partial charge in [-0.15, -0.1) is 0 Å². The Bertz CT molecular complexity index is 418. The van der Waals surface area contributed by atoms with Crippen LogP contribution in [0.15, 0.2) is 24.3 Å². The zero-order chi connectivity index (χ0) is 13.1. The van der Waals surface area contributed by atoms with E-state index in [1.165, 1.54) is 0 Å². The van der Waals surface area contributed by atoms with Gasteiger partial charge in [0.25, 0.3) is 0 Å². The van der Waals surface area contributed by atoms with E-state index in [0.717, 1.165) is 0 Å². The molecule has 0 saturated carbocycles. The highest BCUT2D eigenvalue weighted by Crippen LogP contribution is 2.26. The minimum absolute atomic E-state index is 0.178. The second kappa shape index (κ2) is 4.99. The van der Waals surface area contributed by atoms with Crippen molar-refractivity contribution in [2.24, 2.45) is 5.41 Å². The van der Waals surface area contributed by atoms with Crippen LogP contribution >= 0.6 is 0 Å². The van der Waals surface area contributed by atoms with Crippen molar-refractivity contribution in [3.8, 4) is 5.75 Å². The fourth-order valence-corrected chi connectivity index (χ4v) is 1.59. The molecule has 1 aromatic rings. The predicted molar refractivity (Wildman–Crippen MR) is 63.4 cm³/mol. The van der Waals surface area contributed by atoms with Crippen LogP contribution in [0, 0.1) is 5.41 Å². The minimum Gasteiger partial charge on any atom is -0.497 e. The minimum atomic E-state index is -0.975. The van der Waals surface area contributed by atoms with E-state index in [0.29, 0.717) is 11.3 Å². The number of aliphatic carboxylic acids is 1. The van der Waals surface area contributed by atoms with E-state index >= 15 is 0 Å². The molecule has 0 aliphatic rings. The van der Waals surface area contributed by atoms with Gasteiger partial charge in [-0.2, -0.15) is 0 Å². The molecule has 1 aromatic carbocycles. The summed E-state index contributed by atoms with van der Waals surface area (Å²) in [4.78, 5) is 22.8. The highest BCUT2D eigenvalue weighted by atomic mass is 16.5. The third kappa shape index (κ3) is 3.31. The van der Waals surface area contributed by atoms with Gasteiger partial charge < -0.3 is 9.84 Å². The Hall–Kier alpha value is -1.84. The van der Waals surface area contributed by atoms with Crippen LogP contribution < -0.4 is 4.74 Å². The molecule has 92 valence electrons. The van der Waals surface area contributed by atoms with Gasteiger partial charge in [0.05, 0.1) is 13.5 Å². The summed E-state index contributed by atoms with van der Waals surface area (Å²) in [6.07, 6.45) is -0.183. The monoisotopic (exact) mass is 236 g/mol. The molecule has 0 atom stereocenters. The summed E-state index contributed by atoms with van der Waals surface area (Å²) in [5.74, 6) is -0.489. The summed E-state index contributed by atoms with van der Waals surface area (Å²) < 4.78 is 4.99. The van der Waals surface area contributed by atoms with Crippen LogP contribution in [0.2, 0.25) is 0 Å². The van der Waals surface area contributed by atoms with Gasteiger partial charge in [0.15, 0.2) is 5.78 Å². The van der Waals surface area contributed by atoms with Crippen molar-refractivity contribution in [3.63, 3.8) is 0 Å². The largest absolute Gasteiger partial charge is 0.497 e. The van der Waals surface area contributed by atoms with Gasteiger partial charge >= 0.3 is 5.97 Å². The van der Waals surface area contributed by atoms with Crippen LogP contribution in [-0.4, -0.2) is 24.0 Å². The van der Waals surface area contributed by atoms with E-state index in [1.54, 1.807) is 45.2 Å². The predicted octanol–water partition coefficient (Wildman–Crippen LogP) is 2.38. The van der Waals surface area contributed by atoms with Crippen LogP contribution in [0.5, 0.6) is 5.75 Å². The van der Waals surface area contributed by atoms with Crippen LogP contribution in [-0.2, 0) is 4.79 Å². The number of carboxylic acids is 1. The number of carboxylic acid groups (broad SMARTS) is 1. The second-order valence-corrected chi connectivity index (χ2v) is 4.51. The van der Waals surface area contributed by atoms with E-state index in [-0.39, 0.29) is 12.2 Å². The third-order valence-electron chi connectivity index (χ3n) is 2.56. The topological polar surface area (TPSA) is 63.6 Å². The number of hydrogen-bond acceptors (Lipinski definition) is 3. The van der Waals surface area contributed by atoms with Gasteiger partial charge in [-0.05, 0) is 24.3 Å². The molecule has 0 radical (unpaired) electrons. The van der Waals surface area contributed by atoms with Crippen molar-refractivity contribution in [1.82, 2.24) is 0 Å². The standard InChI is InChI=1S/C13H16O4/c1-13(2,8-11(14)15)12(16)9-4-6-10(17-3)7-5-9/h4-7H,8H2,1-3H3,(H,14,15). The summed E-state index contributed by atoms with van der Waals surface area (Å²) in [5, 5.41) is 8.75. The Morgan fingerprint density at radius 3 is 2.18 bits per heavy atom. The molecule has 0 heterocycles. The Morgan fingerprint density at radius 2 is 1.76 bits per heavy atom. The van der Waals surface area contributed by atoms with E-state index in [2.05, 4.69) is 0 Å². The molecule has 0 aromatic heterocycles. The molecule has 1 N–H and O–H groups in total. The smallest absolute Gasteiger partial charge is 0.304 e. The summed E-state index contributed by atoms with van der Waals surface area (Å²) in [6.45, 7) is 3.27. The lowest BCUT2D eigenvalue weighted by atomic mass is 9.81. The lowest BCUT2D eigenvalue weighted by Crippen LogP contribution is -2.27.